The summed E-state index contributed by atoms with van der Waals surface area (Å²) in [5.41, 5.74) is 0.895. The van der Waals surface area contributed by atoms with Crippen LogP contribution in [0.25, 0.3) is 5.65 Å². The van der Waals surface area contributed by atoms with Crippen LogP contribution in [0.3, 0.4) is 0 Å². The summed E-state index contributed by atoms with van der Waals surface area (Å²) in [5.74, 6) is 2.52. The summed E-state index contributed by atoms with van der Waals surface area (Å²) in [7, 11) is 1.88. The van der Waals surface area contributed by atoms with Crippen LogP contribution in [0.2, 0.25) is 0 Å². The predicted molar refractivity (Wildman–Crippen MR) is 73.0 cm³/mol. The monoisotopic (exact) mass is 245 g/mol. The van der Waals surface area contributed by atoms with Crippen molar-refractivity contribution in [1.29, 1.82) is 0 Å². The summed E-state index contributed by atoms with van der Waals surface area (Å²) >= 11 is 0. The summed E-state index contributed by atoms with van der Waals surface area (Å²) in [5, 5.41) is 6.53. The molecule has 0 aliphatic heterocycles. The van der Waals surface area contributed by atoms with E-state index in [-0.39, 0.29) is 0 Å². The van der Waals surface area contributed by atoms with Crippen LogP contribution in [-0.4, -0.2) is 28.0 Å². The van der Waals surface area contributed by atoms with Crippen LogP contribution in [0.15, 0.2) is 18.6 Å². The van der Waals surface area contributed by atoms with Crippen LogP contribution in [0.5, 0.6) is 0 Å². The molecule has 0 saturated heterocycles. The first-order valence-electron chi connectivity index (χ1n) is 6.62. The highest BCUT2D eigenvalue weighted by atomic mass is 15.1. The van der Waals surface area contributed by atoms with Crippen LogP contribution in [-0.2, 0) is 0 Å². The van der Waals surface area contributed by atoms with E-state index in [1.165, 1.54) is 25.7 Å². The highest BCUT2D eigenvalue weighted by Gasteiger charge is 2.15. The Labute approximate surface area is 107 Å². The number of hydrogen-bond acceptors (Lipinski definition) is 4. The Balaban J connectivity index is 1.82. The van der Waals surface area contributed by atoms with Crippen LogP contribution in [0.4, 0.5) is 11.6 Å². The number of fused-ring (bicyclic) bond motifs is 1. The van der Waals surface area contributed by atoms with Gasteiger partial charge in [0, 0.05) is 26.0 Å². The summed E-state index contributed by atoms with van der Waals surface area (Å²) < 4.78 is 2.00. The van der Waals surface area contributed by atoms with Gasteiger partial charge in [-0.05, 0) is 18.8 Å². The second kappa shape index (κ2) is 4.84. The number of nitrogens with one attached hydrogen (secondary N) is 2. The van der Waals surface area contributed by atoms with Crippen LogP contribution >= 0.6 is 0 Å². The van der Waals surface area contributed by atoms with E-state index in [1.54, 1.807) is 6.20 Å². The van der Waals surface area contributed by atoms with Crippen molar-refractivity contribution in [2.24, 2.45) is 5.92 Å². The van der Waals surface area contributed by atoms with Crippen molar-refractivity contribution in [3.8, 4) is 0 Å². The zero-order chi connectivity index (χ0) is 12.4. The number of imidazole rings is 1. The van der Waals surface area contributed by atoms with Gasteiger partial charge in [-0.3, -0.25) is 0 Å². The largest absolute Gasteiger partial charge is 0.372 e. The molecule has 2 N–H and O–H groups in total. The first kappa shape index (κ1) is 11.3. The van der Waals surface area contributed by atoms with Gasteiger partial charge in [-0.1, -0.05) is 12.8 Å². The van der Waals surface area contributed by atoms with Gasteiger partial charge in [-0.2, -0.15) is 0 Å². The third kappa shape index (κ3) is 2.12. The second-order valence-corrected chi connectivity index (χ2v) is 4.91. The molecule has 5 nitrogen and oxygen atoms in total. The molecule has 1 saturated carbocycles. The van der Waals surface area contributed by atoms with Gasteiger partial charge >= 0.3 is 0 Å². The van der Waals surface area contributed by atoms with Gasteiger partial charge < -0.3 is 15.0 Å². The minimum absolute atomic E-state index is 0.792. The minimum atomic E-state index is 0.792. The number of aromatic nitrogens is 3. The Hall–Kier alpha value is -1.78. The van der Waals surface area contributed by atoms with E-state index in [0.29, 0.717) is 0 Å². The molecule has 5 heteroatoms. The van der Waals surface area contributed by atoms with Gasteiger partial charge in [-0.25, -0.2) is 9.97 Å². The summed E-state index contributed by atoms with van der Waals surface area (Å²) in [6.07, 6.45) is 11.1. The van der Waals surface area contributed by atoms with Crippen molar-refractivity contribution < 1.29 is 0 Å². The molecule has 0 radical (unpaired) electrons. The van der Waals surface area contributed by atoms with E-state index in [1.807, 2.05) is 23.8 Å². The van der Waals surface area contributed by atoms with Crippen molar-refractivity contribution >= 4 is 17.3 Å². The molecule has 1 fully saturated rings. The van der Waals surface area contributed by atoms with Crippen molar-refractivity contribution in [3.05, 3.63) is 18.6 Å². The Morgan fingerprint density at radius 3 is 3.00 bits per heavy atom. The lowest BCUT2D eigenvalue weighted by molar-refractivity contribution is 0.579. The maximum absolute atomic E-state index is 4.55. The van der Waals surface area contributed by atoms with Crippen molar-refractivity contribution in [2.75, 3.05) is 24.2 Å². The van der Waals surface area contributed by atoms with Gasteiger partial charge in [0.2, 0.25) is 0 Å². The fourth-order valence-electron chi connectivity index (χ4n) is 2.63. The summed E-state index contributed by atoms with van der Waals surface area (Å²) in [6.45, 7) is 1.00. The molecule has 0 aromatic carbocycles. The quantitative estimate of drug-likeness (QED) is 0.868. The third-order valence-corrected chi connectivity index (χ3v) is 3.66. The average molecular weight is 245 g/mol. The molecule has 96 valence electrons. The van der Waals surface area contributed by atoms with E-state index in [2.05, 4.69) is 20.6 Å². The zero-order valence-electron chi connectivity index (χ0n) is 10.7. The van der Waals surface area contributed by atoms with Gasteiger partial charge in [0.25, 0.3) is 0 Å². The van der Waals surface area contributed by atoms with E-state index >= 15 is 0 Å². The Morgan fingerprint density at radius 1 is 1.39 bits per heavy atom. The van der Waals surface area contributed by atoms with E-state index in [0.717, 1.165) is 29.7 Å². The molecular weight excluding hydrogens is 226 g/mol. The van der Waals surface area contributed by atoms with Crippen molar-refractivity contribution in [3.63, 3.8) is 0 Å². The molecule has 3 rings (SSSR count). The van der Waals surface area contributed by atoms with Crippen molar-refractivity contribution in [2.45, 2.75) is 25.7 Å². The zero-order valence-corrected chi connectivity index (χ0v) is 10.7. The number of rotatable bonds is 4. The average Bonchev–Trinajstić information content (AvgIpc) is 3.06. The molecule has 0 spiro atoms. The molecular formula is C13H19N5. The minimum Gasteiger partial charge on any atom is -0.372 e. The van der Waals surface area contributed by atoms with Crippen LogP contribution in [0, 0.1) is 5.92 Å². The molecule has 2 aromatic rings. The van der Waals surface area contributed by atoms with Gasteiger partial charge in [0.15, 0.2) is 11.5 Å². The first-order chi connectivity index (χ1) is 8.86. The van der Waals surface area contributed by atoms with Gasteiger partial charge in [0.1, 0.15) is 5.82 Å². The van der Waals surface area contributed by atoms with Crippen LogP contribution in [0.1, 0.15) is 25.7 Å². The molecule has 1 aliphatic rings. The Bertz CT molecular complexity index is 527. The van der Waals surface area contributed by atoms with Gasteiger partial charge in [0.05, 0.1) is 6.20 Å². The first-order valence-corrected chi connectivity index (χ1v) is 6.62. The summed E-state index contributed by atoms with van der Waals surface area (Å²) in [6, 6.07) is 0. The molecule has 1 aliphatic carbocycles. The number of anilines is 2. The normalized spacial score (nSPS) is 16.3. The van der Waals surface area contributed by atoms with Gasteiger partial charge in [-0.15, -0.1) is 0 Å². The molecule has 0 atom stereocenters. The van der Waals surface area contributed by atoms with Crippen LogP contribution < -0.4 is 10.6 Å². The second-order valence-electron chi connectivity index (χ2n) is 4.91. The standard InChI is InChI=1S/C13H19N5/c1-14-11-9-18-7-6-15-13(18)12(17-11)16-8-10-4-2-3-5-10/h6-7,9-10,14H,2-5,8H2,1H3,(H,16,17). The maximum Gasteiger partial charge on any atom is 0.180 e. The molecule has 18 heavy (non-hydrogen) atoms. The van der Waals surface area contributed by atoms with E-state index < -0.39 is 0 Å². The smallest absolute Gasteiger partial charge is 0.180 e. The number of nitrogens with zero attached hydrogens (tertiary/aromatic N) is 3. The Kier molecular flexibility index (Phi) is 3.04. The predicted octanol–water partition coefficient (Wildman–Crippen LogP) is 2.37. The molecule has 2 heterocycles. The lowest BCUT2D eigenvalue weighted by Crippen LogP contribution is -2.13. The topological polar surface area (TPSA) is 54.2 Å². The Morgan fingerprint density at radius 2 is 2.22 bits per heavy atom. The fraction of sp³-hybridized carbons (Fsp3) is 0.538. The highest BCUT2D eigenvalue weighted by Crippen LogP contribution is 2.25. The molecule has 2 aromatic heterocycles. The third-order valence-electron chi connectivity index (χ3n) is 3.66. The number of hydrogen-bond donors (Lipinski definition) is 2. The fourth-order valence-corrected chi connectivity index (χ4v) is 2.63. The maximum atomic E-state index is 4.55. The highest BCUT2D eigenvalue weighted by molar-refractivity contribution is 5.65. The lowest BCUT2D eigenvalue weighted by atomic mass is 10.1. The van der Waals surface area contributed by atoms with Crippen molar-refractivity contribution in [1.82, 2.24) is 14.4 Å². The lowest BCUT2D eigenvalue weighted by Gasteiger charge is -2.12. The summed E-state index contributed by atoms with van der Waals surface area (Å²) in [4.78, 5) is 8.90. The molecule has 0 amide bonds. The SMILES string of the molecule is CNc1cn2ccnc2c(NCC2CCCC2)n1. The van der Waals surface area contributed by atoms with E-state index in [4.69, 9.17) is 0 Å². The molecule has 0 bridgehead atoms. The van der Waals surface area contributed by atoms with E-state index in [9.17, 15) is 0 Å². The molecule has 0 unspecified atom stereocenters.